The van der Waals surface area contributed by atoms with Crippen LogP contribution in [0.15, 0.2) is 47.6 Å². The van der Waals surface area contributed by atoms with Crippen molar-refractivity contribution < 1.29 is 55.1 Å². The van der Waals surface area contributed by atoms with E-state index in [0.29, 0.717) is 0 Å². The molecule has 168 valence electrons. The number of rotatable bonds is 3. The maximum Gasteiger partial charge on any atom is 0.338 e. The zero-order valence-electron chi connectivity index (χ0n) is 16.1. The number of esters is 1. The molecule has 32 heavy (non-hydrogen) atoms. The van der Waals surface area contributed by atoms with Gasteiger partial charge >= 0.3 is 5.97 Å². The summed E-state index contributed by atoms with van der Waals surface area (Å²) in [6, 6.07) is 3.88. The van der Waals surface area contributed by atoms with Crippen molar-refractivity contribution in [2.45, 2.75) is 18.6 Å². The lowest BCUT2D eigenvalue weighted by Crippen LogP contribution is -2.29. The average molecular weight is 446 g/mol. The van der Waals surface area contributed by atoms with E-state index >= 15 is 0 Å². The predicted molar refractivity (Wildman–Crippen MR) is 104 cm³/mol. The van der Waals surface area contributed by atoms with Crippen molar-refractivity contribution in [2.24, 2.45) is 5.92 Å². The van der Waals surface area contributed by atoms with E-state index in [0.717, 1.165) is 30.3 Å². The lowest BCUT2D eigenvalue weighted by atomic mass is 9.89. The molecular formula is C21H18O11. The topological polar surface area (TPSA) is 197 Å². The highest BCUT2D eigenvalue weighted by Gasteiger charge is 2.49. The van der Waals surface area contributed by atoms with E-state index in [1.54, 1.807) is 0 Å². The minimum atomic E-state index is -1.21. The van der Waals surface area contributed by atoms with Gasteiger partial charge in [-0.25, -0.2) is 4.79 Å². The number of fused-ring (bicyclic) bond motifs is 1. The molecule has 2 aromatic carbocycles. The van der Waals surface area contributed by atoms with Crippen LogP contribution in [0.5, 0.6) is 34.5 Å². The summed E-state index contributed by atoms with van der Waals surface area (Å²) in [5, 5.41) is 78.3. The van der Waals surface area contributed by atoms with E-state index in [9.17, 15) is 45.6 Å². The van der Waals surface area contributed by atoms with Gasteiger partial charge in [-0.1, -0.05) is 0 Å². The highest BCUT2D eigenvalue weighted by atomic mass is 16.6. The molecule has 4 rings (SSSR count). The normalized spacial score (nSPS) is 22.1. The Kier molecular flexibility index (Phi) is 4.80. The number of phenols is 6. The van der Waals surface area contributed by atoms with Gasteiger partial charge in [0.25, 0.3) is 0 Å². The Balaban J connectivity index is 1.74. The van der Waals surface area contributed by atoms with Crippen LogP contribution in [0.2, 0.25) is 0 Å². The van der Waals surface area contributed by atoms with E-state index in [-0.39, 0.29) is 29.1 Å². The summed E-state index contributed by atoms with van der Waals surface area (Å²) < 4.78 is 11.2. The number of ether oxygens (including phenoxy) is 2. The average Bonchev–Trinajstić information content (AvgIpc) is 3.08. The first-order valence-corrected chi connectivity index (χ1v) is 9.27. The molecule has 2 aliphatic rings. The number of hydrogen-bond donors (Lipinski definition) is 8. The fourth-order valence-corrected chi connectivity index (χ4v) is 3.73. The van der Waals surface area contributed by atoms with Gasteiger partial charge < -0.3 is 50.3 Å². The first-order chi connectivity index (χ1) is 15.1. The third kappa shape index (κ3) is 3.39. The zero-order chi connectivity index (χ0) is 23.3. The van der Waals surface area contributed by atoms with Crippen LogP contribution in [-0.4, -0.2) is 52.9 Å². The Labute approximate surface area is 179 Å². The molecule has 1 aliphatic heterocycles. The largest absolute Gasteiger partial charge is 0.512 e. The highest BCUT2D eigenvalue weighted by molar-refractivity contribution is 5.91. The number of phenolic OH excluding ortho intramolecular Hbond substituents is 6. The molecule has 1 heterocycles. The van der Waals surface area contributed by atoms with E-state index in [1.807, 2.05) is 0 Å². The number of aliphatic hydroxyl groups is 2. The number of carbonyl (C=O) groups excluding carboxylic acids is 1. The molecule has 8 N–H and O–H groups in total. The minimum Gasteiger partial charge on any atom is -0.512 e. The summed E-state index contributed by atoms with van der Waals surface area (Å²) in [5.41, 5.74) is -0.230. The predicted octanol–water partition coefficient (Wildman–Crippen LogP) is 2.45. The smallest absolute Gasteiger partial charge is 0.338 e. The van der Waals surface area contributed by atoms with Crippen molar-refractivity contribution >= 4 is 5.97 Å². The lowest BCUT2D eigenvalue weighted by molar-refractivity contribution is -0.00407. The molecule has 1 aliphatic carbocycles. The van der Waals surface area contributed by atoms with Gasteiger partial charge in [0.1, 0.15) is 5.76 Å². The Morgan fingerprint density at radius 1 is 0.844 bits per heavy atom. The Hall–Kier alpha value is -4.41. The number of aliphatic hydroxyl groups excluding tert-OH is 2. The summed E-state index contributed by atoms with van der Waals surface area (Å²) in [5.74, 6) is -6.98. The second kappa shape index (κ2) is 7.38. The number of allylic oxidation sites excluding steroid dienone is 2. The minimum absolute atomic E-state index is 0.00550. The quantitative estimate of drug-likeness (QED) is 0.254. The van der Waals surface area contributed by atoms with Gasteiger partial charge in [-0.3, -0.25) is 0 Å². The van der Waals surface area contributed by atoms with Crippen LogP contribution in [0.1, 0.15) is 28.4 Å². The standard InChI is InChI=1S/C21H18O11/c22-9-5-10-19(15(27)6-9)31-18(7-1-11(23)16(28)12(24)2-7)20(10)32-21(30)8-3-13(25)17(29)14(26)4-8/h1-4,6,10,18,20,22-29H,5H2/t10?,18-,20-/m1/s1. The maximum atomic E-state index is 12.7. The van der Waals surface area contributed by atoms with E-state index in [4.69, 9.17) is 9.47 Å². The summed E-state index contributed by atoms with van der Waals surface area (Å²) in [6.07, 6.45) is -1.40. The molecule has 1 fully saturated rings. The van der Waals surface area contributed by atoms with Crippen LogP contribution in [-0.2, 0) is 9.47 Å². The van der Waals surface area contributed by atoms with Gasteiger partial charge in [0.2, 0.25) is 0 Å². The van der Waals surface area contributed by atoms with Crippen molar-refractivity contribution in [3.8, 4) is 34.5 Å². The van der Waals surface area contributed by atoms with Crippen LogP contribution >= 0.6 is 0 Å². The molecule has 0 amide bonds. The molecular weight excluding hydrogens is 428 g/mol. The molecule has 0 radical (unpaired) electrons. The second-order valence-corrected chi connectivity index (χ2v) is 7.38. The zero-order valence-corrected chi connectivity index (χ0v) is 16.1. The molecule has 0 saturated carbocycles. The molecule has 0 bridgehead atoms. The Bertz CT molecular complexity index is 1130. The molecule has 11 heteroatoms. The molecule has 3 atom stereocenters. The summed E-state index contributed by atoms with van der Waals surface area (Å²) in [6.45, 7) is 0. The van der Waals surface area contributed by atoms with Crippen LogP contribution < -0.4 is 0 Å². The van der Waals surface area contributed by atoms with Crippen LogP contribution in [0.4, 0.5) is 0 Å². The van der Waals surface area contributed by atoms with Crippen molar-refractivity contribution in [3.05, 3.63) is 58.7 Å². The van der Waals surface area contributed by atoms with Crippen LogP contribution in [0.25, 0.3) is 0 Å². The number of hydrogen-bond acceptors (Lipinski definition) is 11. The molecule has 1 saturated heterocycles. The van der Waals surface area contributed by atoms with Gasteiger partial charge in [0.15, 0.2) is 52.5 Å². The van der Waals surface area contributed by atoms with Crippen LogP contribution in [0, 0.1) is 5.92 Å². The van der Waals surface area contributed by atoms with Gasteiger partial charge in [-0.05, 0) is 24.3 Å². The number of aromatic hydroxyl groups is 6. The summed E-state index contributed by atoms with van der Waals surface area (Å²) >= 11 is 0. The fraction of sp³-hybridized carbons (Fsp3) is 0.190. The molecule has 1 unspecified atom stereocenters. The third-order valence-electron chi connectivity index (χ3n) is 5.24. The Morgan fingerprint density at radius 2 is 1.38 bits per heavy atom. The number of carbonyl (C=O) groups is 1. The molecule has 11 nitrogen and oxygen atoms in total. The van der Waals surface area contributed by atoms with Crippen molar-refractivity contribution in [1.82, 2.24) is 0 Å². The van der Waals surface area contributed by atoms with E-state index in [1.165, 1.54) is 0 Å². The first kappa shape index (κ1) is 20.8. The first-order valence-electron chi connectivity index (χ1n) is 9.27. The van der Waals surface area contributed by atoms with Gasteiger partial charge in [0.05, 0.1) is 17.2 Å². The second-order valence-electron chi connectivity index (χ2n) is 7.38. The van der Waals surface area contributed by atoms with Gasteiger partial charge in [-0.2, -0.15) is 0 Å². The lowest BCUT2D eigenvalue weighted by Gasteiger charge is -2.23. The highest BCUT2D eigenvalue weighted by Crippen LogP contribution is 2.49. The Morgan fingerprint density at radius 3 is 1.94 bits per heavy atom. The molecule has 0 spiro atoms. The summed E-state index contributed by atoms with van der Waals surface area (Å²) in [7, 11) is 0. The van der Waals surface area contributed by atoms with Crippen LogP contribution in [0.3, 0.4) is 0 Å². The monoisotopic (exact) mass is 446 g/mol. The van der Waals surface area contributed by atoms with Gasteiger partial charge in [0, 0.05) is 18.1 Å². The van der Waals surface area contributed by atoms with Gasteiger partial charge in [-0.15, -0.1) is 0 Å². The van der Waals surface area contributed by atoms with Crippen molar-refractivity contribution in [1.29, 1.82) is 0 Å². The van der Waals surface area contributed by atoms with E-state index in [2.05, 4.69) is 0 Å². The van der Waals surface area contributed by atoms with Crippen molar-refractivity contribution in [2.75, 3.05) is 0 Å². The fourth-order valence-electron chi connectivity index (χ4n) is 3.73. The van der Waals surface area contributed by atoms with E-state index < -0.39 is 64.4 Å². The molecule has 0 aromatic heterocycles. The number of benzene rings is 2. The maximum absolute atomic E-state index is 12.7. The molecule has 2 aromatic rings. The summed E-state index contributed by atoms with van der Waals surface area (Å²) in [4.78, 5) is 12.7. The SMILES string of the molecule is O=C(O[C@@H]1C2CC(O)=CC(O)=C2O[C@@H]1c1cc(O)c(O)c(O)c1)c1cc(O)c(O)c(O)c1. The van der Waals surface area contributed by atoms with Crippen molar-refractivity contribution in [3.63, 3.8) is 0 Å². The third-order valence-corrected chi connectivity index (χ3v) is 5.24.